The van der Waals surface area contributed by atoms with Gasteiger partial charge in [-0.15, -0.1) is 11.3 Å². The molecule has 0 saturated carbocycles. The zero-order chi connectivity index (χ0) is 14.1. The van der Waals surface area contributed by atoms with Gasteiger partial charge < -0.3 is 5.32 Å². The van der Waals surface area contributed by atoms with Crippen molar-refractivity contribution in [1.82, 2.24) is 4.98 Å². The zero-order valence-electron chi connectivity index (χ0n) is 11.3. The molecule has 3 nitrogen and oxygen atoms in total. The number of carbonyl (C=O) groups is 1. The normalized spacial score (nSPS) is 10.7. The van der Waals surface area contributed by atoms with Crippen molar-refractivity contribution in [1.29, 1.82) is 0 Å². The first kappa shape index (κ1) is 12.8. The first-order valence-corrected chi connectivity index (χ1v) is 7.24. The number of aryl methyl sites for hydroxylation is 1. The van der Waals surface area contributed by atoms with Crippen molar-refractivity contribution in [2.45, 2.75) is 13.8 Å². The van der Waals surface area contributed by atoms with E-state index in [4.69, 9.17) is 0 Å². The van der Waals surface area contributed by atoms with Gasteiger partial charge in [0.2, 0.25) is 0 Å². The molecule has 3 aromatic rings. The van der Waals surface area contributed by atoms with E-state index in [9.17, 15) is 4.79 Å². The molecule has 1 aromatic heterocycles. The number of carbonyl (C=O) groups excluding carboxylic acids is 1. The molecule has 0 saturated heterocycles. The average Bonchev–Trinajstić information content (AvgIpc) is 2.91. The molecule has 1 heterocycles. The second-order valence-electron chi connectivity index (χ2n) is 4.74. The first-order valence-electron chi connectivity index (χ1n) is 6.36. The van der Waals surface area contributed by atoms with Gasteiger partial charge in [-0.25, -0.2) is 4.98 Å². The van der Waals surface area contributed by atoms with Crippen molar-refractivity contribution in [3.05, 3.63) is 58.6 Å². The summed E-state index contributed by atoms with van der Waals surface area (Å²) in [5.41, 5.74) is 6.50. The Labute approximate surface area is 121 Å². The Kier molecular flexibility index (Phi) is 3.24. The fourth-order valence-electron chi connectivity index (χ4n) is 2.08. The van der Waals surface area contributed by atoms with E-state index in [0.29, 0.717) is 5.56 Å². The van der Waals surface area contributed by atoms with Gasteiger partial charge in [0.1, 0.15) is 0 Å². The predicted molar refractivity (Wildman–Crippen MR) is 83.5 cm³/mol. The van der Waals surface area contributed by atoms with Gasteiger partial charge in [0, 0.05) is 11.3 Å². The van der Waals surface area contributed by atoms with Crippen LogP contribution >= 0.6 is 11.3 Å². The Morgan fingerprint density at radius 3 is 2.90 bits per heavy atom. The van der Waals surface area contributed by atoms with E-state index >= 15 is 0 Å². The fraction of sp³-hybridized carbons (Fsp3) is 0.125. The van der Waals surface area contributed by atoms with Crippen LogP contribution in [0.5, 0.6) is 0 Å². The van der Waals surface area contributed by atoms with Crippen molar-refractivity contribution in [3.63, 3.8) is 0 Å². The molecule has 100 valence electrons. The van der Waals surface area contributed by atoms with Crippen LogP contribution < -0.4 is 5.32 Å². The molecular formula is C16H14N2OS. The molecule has 3 rings (SSSR count). The molecule has 0 aliphatic heterocycles. The smallest absolute Gasteiger partial charge is 0.255 e. The maximum absolute atomic E-state index is 12.3. The summed E-state index contributed by atoms with van der Waals surface area (Å²) in [6, 6.07) is 11.5. The van der Waals surface area contributed by atoms with Gasteiger partial charge in [0.25, 0.3) is 5.91 Å². The highest BCUT2D eigenvalue weighted by molar-refractivity contribution is 7.16. The van der Waals surface area contributed by atoms with E-state index in [1.807, 2.05) is 50.2 Å². The largest absolute Gasteiger partial charge is 0.322 e. The molecule has 0 aliphatic rings. The van der Waals surface area contributed by atoms with Gasteiger partial charge in [-0.3, -0.25) is 4.79 Å². The van der Waals surface area contributed by atoms with Gasteiger partial charge in [-0.2, -0.15) is 0 Å². The van der Waals surface area contributed by atoms with Crippen LogP contribution in [-0.2, 0) is 0 Å². The zero-order valence-corrected chi connectivity index (χ0v) is 12.1. The number of amides is 1. The molecule has 0 radical (unpaired) electrons. The topological polar surface area (TPSA) is 42.0 Å². The lowest BCUT2D eigenvalue weighted by molar-refractivity contribution is 0.102. The summed E-state index contributed by atoms with van der Waals surface area (Å²) in [5, 5.41) is 2.97. The third-order valence-electron chi connectivity index (χ3n) is 3.45. The fourth-order valence-corrected chi connectivity index (χ4v) is 2.79. The molecule has 0 bridgehead atoms. The number of anilines is 1. The van der Waals surface area contributed by atoms with Crippen LogP contribution in [0.3, 0.4) is 0 Å². The average molecular weight is 282 g/mol. The number of hydrogen-bond acceptors (Lipinski definition) is 3. The molecule has 0 spiro atoms. The van der Waals surface area contributed by atoms with Gasteiger partial charge in [0.05, 0.1) is 15.7 Å². The van der Waals surface area contributed by atoms with E-state index in [1.54, 1.807) is 5.51 Å². The van der Waals surface area contributed by atoms with Crippen molar-refractivity contribution < 1.29 is 4.79 Å². The molecule has 0 aliphatic carbocycles. The highest BCUT2D eigenvalue weighted by Gasteiger charge is 2.09. The Morgan fingerprint density at radius 1 is 1.20 bits per heavy atom. The summed E-state index contributed by atoms with van der Waals surface area (Å²) in [7, 11) is 0. The van der Waals surface area contributed by atoms with Crippen LogP contribution in [0.15, 0.2) is 41.9 Å². The molecule has 1 amide bonds. The van der Waals surface area contributed by atoms with Crippen LogP contribution in [-0.4, -0.2) is 10.9 Å². The summed E-state index contributed by atoms with van der Waals surface area (Å²) in [6.07, 6.45) is 0. The lowest BCUT2D eigenvalue weighted by Crippen LogP contribution is -2.12. The molecule has 2 aromatic carbocycles. The van der Waals surface area contributed by atoms with Gasteiger partial charge in [-0.1, -0.05) is 12.1 Å². The summed E-state index contributed by atoms with van der Waals surface area (Å²) < 4.78 is 1.03. The molecule has 20 heavy (non-hydrogen) atoms. The number of rotatable bonds is 2. The first-order chi connectivity index (χ1) is 9.65. The minimum absolute atomic E-state index is 0.0889. The second kappa shape index (κ2) is 5.06. The predicted octanol–water partition coefficient (Wildman–Crippen LogP) is 4.17. The Hall–Kier alpha value is -2.20. The van der Waals surface area contributed by atoms with E-state index in [-0.39, 0.29) is 5.91 Å². The quantitative estimate of drug-likeness (QED) is 0.766. The third-order valence-corrected chi connectivity index (χ3v) is 4.24. The SMILES string of the molecule is Cc1cccc(NC(=O)c2ccc3ncsc3c2)c1C. The number of hydrogen-bond donors (Lipinski definition) is 1. The van der Waals surface area contributed by atoms with Crippen LogP contribution in [0.4, 0.5) is 5.69 Å². The Bertz CT molecular complexity index is 792. The Balaban J connectivity index is 1.90. The summed E-state index contributed by atoms with van der Waals surface area (Å²) in [6.45, 7) is 4.05. The number of nitrogens with one attached hydrogen (secondary N) is 1. The van der Waals surface area contributed by atoms with E-state index in [0.717, 1.165) is 21.5 Å². The lowest BCUT2D eigenvalue weighted by atomic mass is 10.1. The van der Waals surface area contributed by atoms with Gasteiger partial charge >= 0.3 is 0 Å². The summed E-state index contributed by atoms with van der Waals surface area (Å²) in [4.78, 5) is 16.5. The minimum Gasteiger partial charge on any atom is -0.322 e. The van der Waals surface area contributed by atoms with Crippen LogP contribution in [0.25, 0.3) is 10.2 Å². The monoisotopic (exact) mass is 282 g/mol. The van der Waals surface area contributed by atoms with E-state index in [2.05, 4.69) is 10.3 Å². The molecule has 0 atom stereocenters. The number of aromatic nitrogens is 1. The standard InChI is InChI=1S/C16H14N2OS/c1-10-4-3-5-13(11(10)2)18-16(19)12-6-7-14-15(8-12)20-9-17-14/h3-9H,1-2H3,(H,18,19). The maximum Gasteiger partial charge on any atom is 0.255 e. The summed E-state index contributed by atoms with van der Waals surface area (Å²) >= 11 is 1.54. The van der Waals surface area contributed by atoms with Gasteiger partial charge in [0.15, 0.2) is 0 Å². The van der Waals surface area contributed by atoms with Crippen molar-refractivity contribution >= 4 is 33.1 Å². The van der Waals surface area contributed by atoms with Crippen molar-refractivity contribution in [3.8, 4) is 0 Å². The van der Waals surface area contributed by atoms with Crippen molar-refractivity contribution in [2.75, 3.05) is 5.32 Å². The number of nitrogens with zero attached hydrogens (tertiary/aromatic N) is 1. The highest BCUT2D eigenvalue weighted by Crippen LogP contribution is 2.22. The molecule has 4 heteroatoms. The molecular weight excluding hydrogens is 268 g/mol. The van der Waals surface area contributed by atoms with Crippen molar-refractivity contribution in [2.24, 2.45) is 0 Å². The summed E-state index contributed by atoms with van der Waals surface area (Å²) in [5.74, 6) is -0.0889. The molecule has 1 N–H and O–H groups in total. The van der Waals surface area contributed by atoms with Gasteiger partial charge in [-0.05, 0) is 49.2 Å². The number of thiazole rings is 1. The molecule has 0 fully saturated rings. The third kappa shape index (κ3) is 2.30. The maximum atomic E-state index is 12.3. The van der Waals surface area contributed by atoms with Crippen LogP contribution in [0.2, 0.25) is 0 Å². The van der Waals surface area contributed by atoms with Crippen LogP contribution in [0.1, 0.15) is 21.5 Å². The number of benzene rings is 2. The minimum atomic E-state index is -0.0889. The highest BCUT2D eigenvalue weighted by atomic mass is 32.1. The second-order valence-corrected chi connectivity index (χ2v) is 5.62. The van der Waals surface area contributed by atoms with E-state index < -0.39 is 0 Å². The molecule has 0 unspecified atom stereocenters. The number of fused-ring (bicyclic) bond motifs is 1. The van der Waals surface area contributed by atoms with Crippen LogP contribution in [0, 0.1) is 13.8 Å². The Morgan fingerprint density at radius 2 is 2.05 bits per heavy atom. The lowest BCUT2D eigenvalue weighted by Gasteiger charge is -2.10. The van der Waals surface area contributed by atoms with E-state index in [1.165, 1.54) is 16.9 Å².